The van der Waals surface area contributed by atoms with Crippen molar-refractivity contribution in [2.24, 2.45) is 0 Å². The lowest BCUT2D eigenvalue weighted by Crippen LogP contribution is -1.93. The van der Waals surface area contributed by atoms with Gasteiger partial charge in [-0.2, -0.15) is 0 Å². The molecule has 0 bridgehead atoms. The zero-order valence-corrected chi connectivity index (χ0v) is 8.32. The Bertz CT molecular complexity index is 485. The van der Waals surface area contributed by atoms with Gasteiger partial charge in [0, 0.05) is 11.6 Å². The van der Waals surface area contributed by atoms with Crippen LogP contribution >= 0.6 is 0 Å². The van der Waals surface area contributed by atoms with Crippen LogP contribution in [0.5, 0.6) is 0 Å². The Morgan fingerprint density at radius 3 is 2.86 bits per heavy atom. The Hall–Kier alpha value is -1.51. The van der Waals surface area contributed by atoms with Gasteiger partial charge in [0.2, 0.25) is 0 Å². The van der Waals surface area contributed by atoms with Gasteiger partial charge in [0.05, 0.1) is 11.2 Å². The highest BCUT2D eigenvalue weighted by atomic mass is 19.1. The Balaban J connectivity index is 2.94. The maximum Gasteiger partial charge on any atom is 0.147 e. The zero-order valence-electron chi connectivity index (χ0n) is 8.32. The van der Waals surface area contributed by atoms with Crippen molar-refractivity contribution in [1.82, 2.24) is 4.98 Å². The van der Waals surface area contributed by atoms with E-state index in [9.17, 15) is 4.39 Å². The van der Waals surface area contributed by atoms with Gasteiger partial charge in [-0.15, -0.1) is 0 Å². The molecule has 0 unspecified atom stereocenters. The number of rotatable bonds is 1. The van der Waals surface area contributed by atoms with Crippen molar-refractivity contribution in [3.63, 3.8) is 0 Å². The minimum absolute atomic E-state index is 0.230. The van der Waals surface area contributed by atoms with Crippen LogP contribution in [0.4, 0.5) is 10.1 Å². The highest BCUT2D eigenvalue weighted by Gasteiger charge is 2.12. The van der Waals surface area contributed by atoms with Crippen molar-refractivity contribution >= 4 is 16.6 Å². The summed E-state index contributed by atoms with van der Waals surface area (Å²) < 4.78 is 13.5. The second-order valence-electron chi connectivity index (χ2n) is 3.50. The number of hydrogen-bond donors (Lipinski definition) is 2. The highest BCUT2D eigenvalue weighted by Crippen LogP contribution is 2.29. The van der Waals surface area contributed by atoms with Crippen LogP contribution in [-0.4, -0.2) is 4.98 Å². The molecule has 0 fully saturated rings. The molecule has 2 nitrogen and oxygen atoms in total. The average molecular weight is 192 g/mol. The number of aromatic nitrogens is 1. The number of nitrogen functional groups attached to an aromatic ring is 1. The van der Waals surface area contributed by atoms with E-state index in [0.29, 0.717) is 11.2 Å². The van der Waals surface area contributed by atoms with Crippen LogP contribution in [0.3, 0.4) is 0 Å². The molecule has 1 heterocycles. The molecule has 1 aromatic heterocycles. The van der Waals surface area contributed by atoms with Gasteiger partial charge < -0.3 is 10.7 Å². The summed E-state index contributed by atoms with van der Waals surface area (Å²) in [4.78, 5) is 2.86. The number of benzene rings is 1. The normalized spacial score (nSPS) is 11.1. The maximum absolute atomic E-state index is 13.5. The van der Waals surface area contributed by atoms with Gasteiger partial charge >= 0.3 is 0 Å². The third-order valence-corrected chi connectivity index (χ3v) is 2.62. The van der Waals surface area contributed by atoms with Crippen molar-refractivity contribution in [3.8, 4) is 0 Å². The van der Waals surface area contributed by atoms with Crippen molar-refractivity contribution in [2.75, 3.05) is 5.73 Å². The highest BCUT2D eigenvalue weighted by molar-refractivity contribution is 5.95. The van der Waals surface area contributed by atoms with Crippen molar-refractivity contribution in [1.29, 1.82) is 0 Å². The number of aromatic amines is 1. The molecule has 74 valence electrons. The summed E-state index contributed by atoms with van der Waals surface area (Å²) in [6.07, 6.45) is 2.51. The fraction of sp³-hybridized carbons (Fsp3) is 0.273. The van der Waals surface area contributed by atoms with E-state index < -0.39 is 0 Å². The van der Waals surface area contributed by atoms with E-state index in [-0.39, 0.29) is 5.82 Å². The molecule has 3 N–H and O–H groups in total. The quantitative estimate of drug-likeness (QED) is 0.716. The summed E-state index contributed by atoms with van der Waals surface area (Å²) in [5.41, 5.74) is 9.02. The molecule has 0 aliphatic rings. The number of hydrogen-bond acceptors (Lipinski definition) is 1. The summed E-state index contributed by atoms with van der Waals surface area (Å²) >= 11 is 0. The first-order chi connectivity index (χ1) is 6.65. The first-order valence-corrected chi connectivity index (χ1v) is 4.69. The van der Waals surface area contributed by atoms with E-state index in [4.69, 9.17) is 5.73 Å². The Morgan fingerprint density at radius 2 is 2.21 bits per heavy atom. The molecule has 1 aromatic carbocycles. The third-order valence-electron chi connectivity index (χ3n) is 2.62. The molecule has 0 amide bonds. The number of fused-ring (bicyclic) bond motifs is 1. The minimum Gasteiger partial charge on any atom is -0.397 e. The monoisotopic (exact) mass is 192 g/mol. The molecular weight excluding hydrogens is 179 g/mol. The van der Waals surface area contributed by atoms with E-state index >= 15 is 0 Å². The topological polar surface area (TPSA) is 41.8 Å². The number of halogens is 1. The van der Waals surface area contributed by atoms with E-state index in [2.05, 4.69) is 4.98 Å². The van der Waals surface area contributed by atoms with Gasteiger partial charge in [0.25, 0.3) is 0 Å². The zero-order chi connectivity index (χ0) is 10.3. The Morgan fingerprint density at radius 1 is 1.50 bits per heavy atom. The number of anilines is 1. The molecule has 14 heavy (non-hydrogen) atoms. The van der Waals surface area contributed by atoms with Crippen LogP contribution in [0.15, 0.2) is 12.3 Å². The fourth-order valence-corrected chi connectivity index (χ4v) is 1.95. The van der Waals surface area contributed by atoms with Gasteiger partial charge in [-0.3, -0.25) is 0 Å². The first-order valence-electron chi connectivity index (χ1n) is 4.69. The fourth-order valence-electron chi connectivity index (χ4n) is 1.95. The second kappa shape index (κ2) is 3.01. The van der Waals surface area contributed by atoms with Crippen LogP contribution in [-0.2, 0) is 6.42 Å². The van der Waals surface area contributed by atoms with Crippen LogP contribution < -0.4 is 5.73 Å². The largest absolute Gasteiger partial charge is 0.397 e. The van der Waals surface area contributed by atoms with Gasteiger partial charge in [-0.25, -0.2) is 4.39 Å². The lowest BCUT2D eigenvalue weighted by molar-refractivity contribution is 0.635. The molecule has 2 aromatic rings. The molecule has 0 aliphatic heterocycles. The van der Waals surface area contributed by atoms with E-state index in [0.717, 1.165) is 22.9 Å². The van der Waals surface area contributed by atoms with Crippen LogP contribution in [0.1, 0.15) is 18.1 Å². The summed E-state index contributed by atoms with van der Waals surface area (Å²) in [6, 6.07) is 1.55. The molecule has 0 saturated carbocycles. The molecule has 0 aliphatic carbocycles. The van der Waals surface area contributed by atoms with Crippen molar-refractivity contribution in [3.05, 3.63) is 29.2 Å². The van der Waals surface area contributed by atoms with Crippen molar-refractivity contribution in [2.45, 2.75) is 20.3 Å². The molecule has 0 atom stereocenters. The molecule has 2 rings (SSSR count). The SMILES string of the molecule is CCc1c(C)cc(F)c2[nH]cc(N)c12. The third kappa shape index (κ3) is 1.09. The number of nitrogens with two attached hydrogens (primary N) is 1. The number of nitrogens with one attached hydrogen (secondary N) is 1. The predicted molar refractivity (Wildman–Crippen MR) is 56.8 cm³/mol. The molecular formula is C11H13FN2. The molecule has 0 spiro atoms. The van der Waals surface area contributed by atoms with Gasteiger partial charge in [0.15, 0.2) is 0 Å². The van der Waals surface area contributed by atoms with Gasteiger partial charge in [-0.05, 0) is 30.5 Å². The summed E-state index contributed by atoms with van der Waals surface area (Å²) in [6.45, 7) is 3.96. The van der Waals surface area contributed by atoms with Crippen LogP contribution in [0, 0.1) is 12.7 Å². The maximum atomic E-state index is 13.5. The standard InChI is InChI=1S/C11H13FN2/c1-3-7-6(2)4-8(12)11-10(7)9(13)5-14-11/h4-5,14H,3,13H2,1-2H3. The summed E-state index contributed by atoms with van der Waals surface area (Å²) in [7, 11) is 0. The second-order valence-corrected chi connectivity index (χ2v) is 3.50. The lowest BCUT2D eigenvalue weighted by Gasteiger charge is -2.06. The van der Waals surface area contributed by atoms with Crippen LogP contribution in [0.2, 0.25) is 0 Å². The van der Waals surface area contributed by atoms with E-state index in [1.165, 1.54) is 0 Å². The molecule has 0 saturated heterocycles. The smallest absolute Gasteiger partial charge is 0.147 e. The summed E-state index contributed by atoms with van der Waals surface area (Å²) in [5, 5.41) is 0.838. The number of H-pyrrole nitrogens is 1. The van der Waals surface area contributed by atoms with E-state index in [1.54, 1.807) is 12.3 Å². The lowest BCUT2D eigenvalue weighted by atomic mass is 10.0. The van der Waals surface area contributed by atoms with Crippen LogP contribution in [0.25, 0.3) is 10.9 Å². The predicted octanol–water partition coefficient (Wildman–Crippen LogP) is 2.76. The Kier molecular flexibility index (Phi) is 1.95. The average Bonchev–Trinajstić information content (AvgIpc) is 2.50. The van der Waals surface area contributed by atoms with Gasteiger partial charge in [0.1, 0.15) is 5.82 Å². The minimum atomic E-state index is -0.230. The molecule has 0 radical (unpaired) electrons. The first kappa shape index (κ1) is 9.06. The van der Waals surface area contributed by atoms with Gasteiger partial charge in [-0.1, -0.05) is 6.92 Å². The molecule has 3 heteroatoms. The number of aryl methyl sites for hydroxylation is 2. The van der Waals surface area contributed by atoms with Crippen molar-refractivity contribution < 1.29 is 4.39 Å². The van der Waals surface area contributed by atoms with E-state index in [1.807, 2.05) is 13.8 Å². The summed E-state index contributed by atoms with van der Waals surface area (Å²) in [5.74, 6) is -0.230. The Labute approximate surface area is 81.9 Å².